The minimum atomic E-state index is 0.453. The fourth-order valence-electron chi connectivity index (χ4n) is 6.01. The second kappa shape index (κ2) is 10.1. The number of benzene rings is 2. The second-order valence-corrected chi connectivity index (χ2v) is 10.1. The number of rotatable bonds is 8. The molecule has 1 heterocycles. The van der Waals surface area contributed by atoms with Gasteiger partial charge in [0.2, 0.25) is 0 Å². The van der Waals surface area contributed by atoms with Gasteiger partial charge >= 0.3 is 0 Å². The van der Waals surface area contributed by atoms with Crippen LogP contribution in [0.3, 0.4) is 0 Å². The molecule has 1 fully saturated rings. The number of hydrogen-bond donors (Lipinski definition) is 0. The van der Waals surface area contributed by atoms with Crippen molar-refractivity contribution in [3.63, 3.8) is 0 Å². The van der Waals surface area contributed by atoms with Crippen molar-refractivity contribution in [1.29, 1.82) is 0 Å². The van der Waals surface area contributed by atoms with Gasteiger partial charge in [-0.1, -0.05) is 81.5 Å². The fourth-order valence-corrected chi connectivity index (χ4v) is 6.01. The zero-order chi connectivity index (χ0) is 23.6. The van der Waals surface area contributed by atoms with Crippen LogP contribution >= 0.6 is 0 Å². The van der Waals surface area contributed by atoms with Gasteiger partial charge in [-0.2, -0.15) is 0 Å². The van der Waals surface area contributed by atoms with Crippen LogP contribution in [0.1, 0.15) is 85.8 Å². The summed E-state index contributed by atoms with van der Waals surface area (Å²) in [5.41, 5.74) is 10.8. The Morgan fingerprint density at radius 3 is 1.22 bits per heavy atom. The molecule has 32 heavy (non-hydrogen) atoms. The number of nitrogens with zero attached hydrogens (tertiary/aromatic N) is 2. The van der Waals surface area contributed by atoms with Crippen molar-refractivity contribution in [3.8, 4) is 0 Å². The summed E-state index contributed by atoms with van der Waals surface area (Å²) in [6.45, 7) is 22.8. The van der Waals surface area contributed by atoms with E-state index in [-0.39, 0.29) is 0 Å². The topological polar surface area (TPSA) is 6.48 Å². The Morgan fingerprint density at radius 2 is 0.938 bits per heavy atom. The third kappa shape index (κ3) is 4.60. The van der Waals surface area contributed by atoms with E-state index in [2.05, 4.69) is 89.5 Å². The largest absolute Gasteiger partial charge is 0.323 e. The highest BCUT2D eigenvalue weighted by Gasteiger charge is 2.44. The van der Waals surface area contributed by atoms with Gasteiger partial charge in [0, 0.05) is 11.4 Å². The first-order chi connectivity index (χ1) is 15.2. The van der Waals surface area contributed by atoms with E-state index < -0.39 is 0 Å². The normalized spacial score (nSPS) is 18.7. The smallest absolute Gasteiger partial charge is 0.106 e. The first-order valence-corrected chi connectivity index (χ1v) is 12.6. The summed E-state index contributed by atoms with van der Waals surface area (Å²) in [4.78, 5) is 5.22. The van der Waals surface area contributed by atoms with Gasteiger partial charge in [-0.3, -0.25) is 0 Å². The van der Waals surface area contributed by atoms with Crippen molar-refractivity contribution in [2.45, 2.75) is 106 Å². The van der Waals surface area contributed by atoms with Crippen molar-refractivity contribution in [1.82, 2.24) is 0 Å². The predicted molar refractivity (Wildman–Crippen MR) is 142 cm³/mol. The Hall–Kier alpha value is -2.22. The van der Waals surface area contributed by atoms with Gasteiger partial charge in [0.05, 0.1) is 12.1 Å². The van der Waals surface area contributed by atoms with Crippen LogP contribution in [0.4, 0.5) is 11.4 Å². The highest BCUT2D eigenvalue weighted by Crippen LogP contribution is 2.45. The highest BCUT2D eigenvalue weighted by atomic mass is 15.4. The number of anilines is 2. The molecule has 2 unspecified atom stereocenters. The van der Waals surface area contributed by atoms with Crippen molar-refractivity contribution < 1.29 is 0 Å². The Bertz CT molecular complexity index is 847. The van der Waals surface area contributed by atoms with E-state index in [1.54, 1.807) is 0 Å². The number of unbranched alkanes of at least 4 members (excludes halogenated alkanes) is 2. The van der Waals surface area contributed by atoms with Crippen LogP contribution in [0, 0.1) is 41.5 Å². The van der Waals surface area contributed by atoms with E-state index in [1.165, 1.54) is 83.3 Å². The molecule has 0 saturated carbocycles. The molecular formula is C30H44N2. The maximum Gasteiger partial charge on any atom is 0.106 e. The van der Waals surface area contributed by atoms with Crippen LogP contribution in [0.15, 0.2) is 36.7 Å². The van der Waals surface area contributed by atoms with Crippen molar-refractivity contribution in [2.24, 2.45) is 0 Å². The molecule has 2 heteroatoms. The first kappa shape index (κ1) is 24.4. The van der Waals surface area contributed by atoms with Gasteiger partial charge in [0.25, 0.3) is 0 Å². The highest BCUT2D eigenvalue weighted by molar-refractivity contribution is 5.74. The van der Waals surface area contributed by atoms with Crippen molar-refractivity contribution in [3.05, 3.63) is 70.0 Å². The molecule has 2 nitrogen and oxygen atoms in total. The lowest BCUT2D eigenvalue weighted by Crippen LogP contribution is -2.38. The maximum absolute atomic E-state index is 4.75. The SMILES string of the molecule is C=C1N(c2c(C)cc(C)cc2C)C(CCCC)C(CCCC)N1c1c(C)cc(C)cc1C. The fraction of sp³-hybridized carbons (Fsp3) is 0.533. The molecule has 1 saturated heterocycles. The summed E-state index contributed by atoms with van der Waals surface area (Å²) >= 11 is 0. The maximum atomic E-state index is 4.75. The van der Waals surface area contributed by atoms with Crippen LogP contribution in [0.5, 0.6) is 0 Å². The Kier molecular flexibility index (Phi) is 7.75. The van der Waals surface area contributed by atoms with Crippen LogP contribution in [-0.2, 0) is 0 Å². The van der Waals surface area contributed by atoms with Gasteiger partial charge in [-0.05, 0) is 76.6 Å². The molecule has 0 N–H and O–H groups in total. The monoisotopic (exact) mass is 432 g/mol. The predicted octanol–water partition coefficient (Wildman–Crippen LogP) is 8.45. The molecule has 1 aliphatic heterocycles. The summed E-state index contributed by atoms with van der Waals surface area (Å²) in [5.74, 6) is 1.15. The molecule has 0 aliphatic carbocycles. The number of aryl methyl sites for hydroxylation is 6. The van der Waals surface area contributed by atoms with Gasteiger partial charge < -0.3 is 9.80 Å². The molecule has 0 spiro atoms. The summed E-state index contributed by atoms with van der Waals surface area (Å²) in [7, 11) is 0. The number of hydrogen-bond acceptors (Lipinski definition) is 2. The quantitative estimate of drug-likeness (QED) is 0.413. The standard InChI is InChI=1S/C30H44N2/c1-10-12-14-27-28(15-13-11-2)32(30-24(7)18-21(4)19-25(30)8)26(9)31(27)29-22(5)16-20(3)17-23(29)6/h16-19,27-28H,9-15H2,1-8H3. The minimum absolute atomic E-state index is 0.453. The van der Waals surface area contributed by atoms with Gasteiger partial charge in [0.15, 0.2) is 0 Å². The van der Waals surface area contributed by atoms with Crippen LogP contribution < -0.4 is 9.80 Å². The summed E-state index contributed by atoms with van der Waals surface area (Å²) in [6, 6.07) is 10.2. The van der Waals surface area contributed by atoms with E-state index in [0.29, 0.717) is 12.1 Å². The zero-order valence-electron chi connectivity index (χ0n) is 21.8. The zero-order valence-corrected chi connectivity index (χ0v) is 21.8. The summed E-state index contributed by atoms with van der Waals surface area (Å²) in [5, 5.41) is 0. The average molecular weight is 433 g/mol. The van der Waals surface area contributed by atoms with Crippen molar-refractivity contribution in [2.75, 3.05) is 9.80 Å². The third-order valence-electron chi connectivity index (χ3n) is 7.12. The summed E-state index contributed by atoms with van der Waals surface area (Å²) in [6.07, 6.45) is 7.37. The second-order valence-electron chi connectivity index (χ2n) is 10.1. The average Bonchev–Trinajstić information content (AvgIpc) is 2.95. The molecule has 0 bridgehead atoms. The lowest BCUT2D eigenvalue weighted by Gasteiger charge is -2.31. The molecule has 2 atom stereocenters. The molecule has 0 radical (unpaired) electrons. The molecular weight excluding hydrogens is 388 g/mol. The van der Waals surface area contributed by atoms with E-state index >= 15 is 0 Å². The van der Waals surface area contributed by atoms with Crippen LogP contribution in [0.25, 0.3) is 0 Å². The molecule has 2 aromatic carbocycles. The molecule has 2 aromatic rings. The third-order valence-corrected chi connectivity index (χ3v) is 7.12. The van der Waals surface area contributed by atoms with Gasteiger partial charge in [-0.25, -0.2) is 0 Å². The summed E-state index contributed by atoms with van der Waals surface area (Å²) < 4.78 is 0. The molecule has 1 aliphatic rings. The molecule has 174 valence electrons. The molecule has 0 amide bonds. The lowest BCUT2D eigenvalue weighted by atomic mass is 9.94. The van der Waals surface area contributed by atoms with Crippen molar-refractivity contribution >= 4 is 11.4 Å². The van der Waals surface area contributed by atoms with E-state index in [9.17, 15) is 0 Å². The van der Waals surface area contributed by atoms with Crippen LogP contribution in [0.2, 0.25) is 0 Å². The van der Waals surface area contributed by atoms with E-state index in [1.807, 2.05) is 0 Å². The lowest BCUT2D eigenvalue weighted by molar-refractivity contribution is 0.472. The Morgan fingerprint density at radius 1 is 0.625 bits per heavy atom. The first-order valence-electron chi connectivity index (χ1n) is 12.6. The van der Waals surface area contributed by atoms with Gasteiger partial charge in [-0.15, -0.1) is 0 Å². The minimum Gasteiger partial charge on any atom is -0.323 e. The van der Waals surface area contributed by atoms with Crippen LogP contribution in [-0.4, -0.2) is 12.1 Å². The molecule has 0 aromatic heterocycles. The Labute approximate surface area is 197 Å². The molecule has 3 rings (SSSR count). The van der Waals surface area contributed by atoms with Gasteiger partial charge in [0.1, 0.15) is 5.82 Å². The Balaban J connectivity index is 2.21. The van der Waals surface area contributed by atoms with E-state index in [0.717, 1.165) is 5.82 Å². The van der Waals surface area contributed by atoms with E-state index in [4.69, 9.17) is 6.58 Å².